The van der Waals surface area contributed by atoms with Crippen LogP contribution in [0.4, 0.5) is 0 Å². The lowest BCUT2D eigenvalue weighted by atomic mass is 9.94. The van der Waals surface area contributed by atoms with Gasteiger partial charge in [0.1, 0.15) is 5.78 Å². The minimum atomic E-state index is 0.345. The number of carbonyl (C=O) groups excluding carboxylic acids is 1. The Morgan fingerprint density at radius 1 is 1.13 bits per heavy atom. The zero-order valence-corrected chi connectivity index (χ0v) is 9.96. The van der Waals surface area contributed by atoms with Gasteiger partial charge >= 0.3 is 0 Å². The minimum Gasteiger partial charge on any atom is -0.381 e. The molecule has 15 heavy (non-hydrogen) atoms. The van der Waals surface area contributed by atoms with Crippen LogP contribution < -0.4 is 0 Å². The van der Waals surface area contributed by atoms with Crippen molar-refractivity contribution >= 4 is 5.78 Å². The molecule has 0 spiro atoms. The molecule has 0 aliphatic heterocycles. The lowest BCUT2D eigenvalue weighted by molar-refractivity contribution is -0.124. The van der Waals surface area contributed by atoms with Crippen molar-refractivity contribution in [2.24, 2.45) is 5.92 Å². The summed E-state index contributed by atoms with van der Waals surface area (Å²) in [5.41, 5.74) is 0. The molecule has 1 rings (SSSR count). The third-order valence-electron chi connectivity index (χ3n) is 3.15. The van der Waals surface area contributed by atoms with Gasteiger partial charge in [-0.25, -0.2) is 0 Å². The Morgan fingerprint density at radius 2 is 1.80 bits per heavy atom. The van der Waals surface area contributed by atoms with Crippen LogP contribution in [0, 0.1) is 5.92 Å². The van der Waals surface area contributed by atoms with Gasteiger partial charge in [-0.15, -0.1) is 0 Å². The summed E-state index contributed by atoms with van der Waals surface area (Å²) in [6.45, 7) is 3.51. The van der Waals surface area contributed by atoms with Crippen LogP contribution >= 0.6 is 0 Å². The maximum atomic E-state index is 11.8. The summed E-state index contributed by atoms with van der Waals surface area (Å²) >= 11 is 0. The van der Waals surface area contributed by atoms with Gasteiger partial charge in [0.05, 0.1) is 6.61 Å². The predicted octanol–water partition coefficient (Wildman–Crippen LogP) is 3.34. The fourth-order valence-corrected chi connectivity index (χ4v) is 2.22. The number of ether oxygens (including phenoxy) is 1. The molecule has 0 bridgehead atoms. The van der Waals surface area contributed by atoms with E-state index in [4.69, 9.17) is 4.74 Å². The molecule has 0 heterocycles. The van der Waals surface area contributed by atoms with Crippen LogP contribution in [0.25, 0.3) is 0 Å². The second kappa shape index (κ2) is 7.86. The fourth-order valence-electron chi connectivity index (χ4n) is 2.22. The molecule has 1 aliphatic carbocycles. The third kappa shape index (κ3) is 5.31. The molecule has 1 aliphatic rings. The molecule has 2 heteroatoms. The second-order valence-electron chi connectivity index (χ2n) is 4.52. The van der Waals surface area contributed by atoms with E-state index in [9.17, 15) is 4.79 Å². The van der Waals surface area contributed by atoms with Gasteiger partial charge in [-0.05, 0) is 19.3 Å². The van der Waals surface area contributed by atoms with E-state index in [1.54, 1.807) is 0 Å². The Labute approximate surface area is 93.4 Å². The van der Waals surface area contributed by atoms with E-state index >= 15 is 0 Å². The SMILES string of the molecule is CCCOCCC(=O)C1CCCCCC1. The van der Waals surface area contributed by atoms with Gasteiger partial charge in [-0.3, -0.25) is 4.79 Å². The maximum absolute atomic E-state index is 11.8. The summed E-state index contributed by atoms with van der Waals surface area (Å²) in [4.78, 5) is 11.8. The molecule has 88 valence electrons. The van der Waals surface area contributed by atoms with Crippen molar-refractivity contribution < 1.29 is 9.53 Å². The average molecular weight is 212 g/mol. The van der Waals surface area contributed by atoms with Crippen molar-refractivity contribution in [3.63, 3.8) is 0 Å². The monoisotopic (exact) mass is 212 g/mol. The van der Waals surface area contributed by atoms with E-state index in [-0.39, 0.29) is 0 Å². The zero-order chi connectivity index (χ0) is 10.9. The molecule has 0 saturated heterocycles. The van der Waals surface area contributed by atoms with E-state index in [0.29, 0.717) is 24.7 Å². The fraction of sp³-hybridized carbons (Fsp3) is 0.923. The summed E-state index contributed by atoms with van der Waals surface area (Å²) in [5.74, 6) is 0.783. The van der Waals surface area contributed by atoms with Crippen molar-refractivity contribution in [1.82, 2.24) is 0 Å². The van der Waals surface area contributed by atoms with E-state index in [1.807, 2.05) is 0 Å². The zero-order valence-electron chi connectivity index (χ0n) is 9.96. The number of carbonyl (C=O) groups is 1. The van der Waals surface area contributed by atoms with Gasteiger partial charge in [0.15, 0.2) is 0 Å². The standard InChI is InChI=1S/C13H24O2/c1-2-10-15-11-9-13(14)12-7-5-3-4-6-8-12/h12H,2-11H2,1H3. The maximum Gasteiger partial charge on any atom is 0.138 e. The van der Waals surface area contributed by atoms with Gasteiger partial charge in [-0.1, -0.05) is 32.6 Å². The lowest BCUT2D eigenvalue weighted by Gasteiger charge is -2.12. The summed E-state index contributed by atoms with van der Waals surface area (Å²) in [5, 5.41) is 0. The van der Waals surface area contributed by atoms with E-state index in [0.717, 1.165) is 25.9 Å². The van der Waals surface area contributed by atoms with E-state index in [2.05, 4.69) is 6.92 Å². The molecule has 0 aromatic carbocycles. The van der Waals surface area contributed by atoms with Gasteiger partial charge in [-0.2, -0.15) is 0 Å². The van der Waals surface area contributed by atoms with Crippen LogP contribution in [0.3, 0.4) is 0 Å². The number of ketones is 1. The molecule has 0 N–H and O–H groups in total. The molecule has 0 aromatic rings. The predicted molar refractivity (Wildman–Crippen MR) is 61.9 cm³/mol. The highest BCUT2D eigenvalue weighted by atomic mass is 16.5. The van der Waals surface area contributed by atoms with Crippen LogP contribution in [-0.2, 0) is 9.53 Å². The first-order chi connectivity index (χ1) is 7.34. The van der Waals surface area contributed by atoms with Crippen LogP contribution in [0.1, 0.15) is 58.3 Å². The minimum absolute atomic E-state index is 0.345. The van der Waals surface area contributed by atoms with Crippen molar-refractivity contribution in [2.75, 3.05) is 13.2 Å². The number of hydrogen-bond acceptors (Lipinski definition) is 2. The molecule has 0 unspecified atom stereocenters. The summed E-state index contributed by atoms with van der Waals surface area (Å²) in [6.07, 6.45) is 9.02. The number of rotatable bonds is 6. The van der Waals surface area contributed by atoms with E-state index < -0.39 is 0 Å². The molecular weight excluding hydrogens is 188 g/mol. The second-order valence-corrected chi connectivity index (χ2v) is 4.52. The molecule has 1 fully saturated rings. The normalized spacial score (nSPS) is 18.7. The van der Waals surface area contributed by atoms with Crippen molar-refractivity contribution in [2.45, 2.75) is 58.3 Å². The smallest absolute Gasteiger partial charge is 0.138 e. The topological polar surface area (TPSA) is 26.3 Å². The van der Waals surface area contributed by atoms with Crippen LogP contribution in [-0.4, -0.2) is 19.0 Å². The van der Waals surface area contributed by atoms with Gasteiger partial charge in [0.25, 0.3) is 0 Å². The van der Waals surface area contributed by atoms with E-state index in [1.165, 1.54) is 25.7 Å². The summed E-state index contributed by atoms with van der Waals surface area (Å²) in [7, 11) is 0. The van der Waals surface area contributed by atoms with Gasteiger partial charge < -0.3 is 4.74 Å². The molecule has 0 aromatic heterocycles. The average Bonchev–Trinajstić information content (AvgIpc) is 2.52. The molecule has 0 atom stereocenters. The quantitative estimate of drug-likeness (QED) is 0.498. The molecule has 0 radical (unpaired) electrons. The van der Waals surface area contributed by atoms with Gasteiger partial charge in [0, 0.05) is 18.9 Å². The number of Topliss-reactive ketones (excluding diaryl/α,β-unsaturated/α-hetero) is 1. The first-order valence-electron chi connectivity index (χ1n) is 6.45. The van der Waals surface area contributed by atoms with Gasteiger partial charge in [0.2, 0.25) is 0 Å². The number of hydrogen-bond donors (Lipinski definition) is 0. The van der Waals surface area contributed by atoms with Crippen LogP contribution in [0.15, 0.2) is 0 Å². The van der Waals surface area contributed by atoms with Crippen molar-refractivity contribution in [3.8, 4) is 0 Å². The Morgan fingerprint density at radius 3 is 2.40 bits per heavy atom. The molecule has 1 saturated carbocycles. The largest absolute Gasteiger partial charge is 0.381 e. The highest BCUT2D eigenvalue weighted by molar-refractivity contribution is 5.81. The van der Waals surface area contributed by atoms with Crippen LogP contribution in [0.2, 0.25) is 0 Å². The Bertz CT molecular complexity index is 169. The first kappa shape index (κ1) is 12.7. The Balaban J connectivity index is 2.14. The molecule has 2 nitrogen and oxygen atoms in total. The molecule has 0 amide bonds. The molecular formula is C13H24O2. The summed E-state index contributed by atoms with van der Waals surface area (Å²) < 4.78 is 5.35. The first-order valence-corrected chi connectivity index (χ1v) is 6.45. The third-order valence-corrected chi connectivity index (χ3v) is 3.15. The van der Waals surface area contributed by atoms with Crippen molar-refractivity contribution in [1.29, 1.82) is 0 Å². The van der Waals surface area contributed by atoms with Crippen molar-refractivity contribution in [3.05, 3.63) is 0 Å². The Kier molecular flexibility index (Phi) is 6.66. The van der Waals surface area contributed by atoms with Crippen LogP contribution in [0.5, 0.6) is 0 Å². The Hall–Kier alpha value is -0.370. The lowest BCUT2D eigenvalue weighted by Crippen LogP contribution is -2.16. The highest BCUT2D eigenvalue weighted by Gasteiger charge is 2.19. The highest BCUT2D eigenvalue weighted by Crippen LogP contribution is 2.24. The summed E-state index contributed by atoms with van der Waals surface area (Å²) in [6, 6.07) is 0.